The molecule has 3 atom stereocenters. The number of nitrogens with one attached hydrogen (secondary N) is 1. The van der Waals surface area contributed by atoms with Gasteiger partial charge in [-0.3, -0.25) is 14.4 Å². The lowest BCUT2D eigenvalue weighted by Crippen LogP contribution is -2.49. The van der Waals surface area contributed by atoms with Crippen LogP contribution in [0.15, 0.2) is 0 Å². The molecule has 1 aliphatic carbocycles. The van der Waals surface area contributed by atoms with E-state index in [1.54, 1.807) is 18.7 Å². The van der Waals surface area contributed by atoms with Gasteiger partial charge in [0.15, 0.2) is 0 Å². The highest BCUT2D eigenvalue weighted by molar-refractivity contribution is 5.84. The Kier molecular flexibility index (Phi) is 4.85. The maximum atomic E-state index is 12.2. The summed E-state index contributed by atoms with van der Waals surface area (Å²) in [7, 11) is 0. The van der Waals surface area contributed by atoms with Crippen LogP contribution in [0.4, 0.5) is 0 Å². The molecule has 1 saturated carbocycles. The molecule has 2 amide bonds. The minimum atomic E-state index is -0.919. The van der Waals surface area contributed by atoms with Crippen LogP contribution in [0.2, 0.25) is 0 Å². The fraction of sp³-hybridized carbons (Fsp3) is 0.800. The highest BCUT2D eigenvalue weighted by Gasteiger charge is 2.37. The van der Waals surface area contributed by atoms with Gasteiger partial charge in [-0.1, -0.05) is 0 Å². The number of nitrogens with zero attached hydrogens (tertiary/aromatic N) is 1. The first-order valence-electron chi connectivity index (χ1n) is 7.72. The lowest BCUT2D eigenvalue weighted by molar-refractivity contribution is -0.142. The van der Waals surface area contributed by atoms with Crippen LogP contribution in [0, 0.1) is 17.8 Å². The molecule has 2 rings (SSSR count). The van der Waals surface area contributed by atoms with Crippen molar-refractivity contribution in [1.29, 1.82) is 0 Å². The van der Waals surface area contributed by atoms with E-state index < -0.39 is 17.9 Å². The van der Waals surface area contributed by atoms with Gasteiger partial charge in [0.2, 0.25) is 11.8 Å². The van der Waals surface area contributed by atoms with E-state index in [4.69, 9.17) is 5.11 Å². The molecule has 21 heavy (non-hydrogen) atoms. The summed E-state index contributed by atoms with van der Waals surface area (Å²) >= 11 is 0. The zero-order valence-electron chi connectivity index (χ0n) is 12.7. The Hall–Kier alpha value is -1.59. The van der Waals surface area contributed by atoms with Gasteiger partial charge in [0, 0.05) is 25.0 Å². The molecule has 6 nitrogen and oxygen atoms in total. The molecule has 3 unspecified atom stereocenters. The molecule has 0 spiro atoms. The van der Waals surface area contributed by atoms with Crippen molar-refractivity contribution in [2.75, 3.05) is 13.1 Å². The summed E-state index contributed by atoms with van der Waals surface area (Å²) in [4.78, 5) is 37.0. The number of hydrogen-bond donors (Lipinski definition) is 2. The predicted octanol–water partition coefficient (Wildman–Crippen LogP) is 0.860. The molecule has 118 valence electrons. The van der Waals surface area contributed by atoms with Gasteiger partial charge in [-0.2, -0.15) is 0 Å². The van der Waals surface area contributed by atoms with Crippen molar-refractivity contribution < 1.29 is 19.5 Å². The van der Waals surface area contributed by atoms with Crippen LogP contribution in [0.3, 0.4) is 0 Å². The fourth-order valence-corrected chi connectivity index (χ4v) is 2.66. The maximum absolute atomic E-state index is 12.2. The van der Waals surface area contributed by atoms with Gasteiger partial charge in [-0.05, 0) is 39.5 Å². The number of likely N-dealkylation sites (tertiary alicyclic amines) is 1. The summed E-state index contributed by atoms with van der Waals surface area (Å²) in [5, 5.41) is 11.7. The minimum Gasteiger partial charge on any atom is -0.481 e. The Bertz CT molecular complexity index is 433. The fourth-order valence-electron chi connectivity index (χ4n) is 2.66. The number of carbonyl (C=O) groups is 3. The highest BCUT2D eigenvalue weighted by Crippen LogP contribution is 2.32. The quantitative estimate of drug-likeness (QED) is 0.788. The largest absolute Gasteiger partial charge is 0.481 e. The molecule has 6 heteroatoms. The third kappa shape index (κ3) is 3.95. The topological polar surface area (TPSA) is 86.7 Å². The Morgan fingerprint density at radius 3 is 2.38 bits per heavy atom. The molecule has 2 fully saturated rings. The summed E-state index contributed by atoms with van der Waals surface area (Å²) in [6.07, 6.45) is 3.53. The molecule has 0 aromatic carbocycles. The number of piperidine rings is 1. The van der Waals surface area contributed by atoms with Crippen LogP contribution in [-0.2, 0) is 14.4 Å². The first kappa shape index (κ1) is 15.8. The molecule has 0 aromatic rings. The molecular formula is C15H24N2O4. The number of carbonyl (C=O) groups excluding carboxylic acids is 2. The third-order valence-corrected chi connectivity index (χ3v) is 4.54. The van der Waals surface area contributed by atoms with Crippen molar-refractivity contribution in [1.82, 2.24) is 10.2 Å². The Balaban J connectivity index is 1.86. The number of carboxylic acids is 1. The van der Waals surface area contributed by atoms with E-state index in [0.717, 1.165) is 32.2 Å². The van der Waals surface area contributed by atoms with Gasteiger partial charge in [0.25, 0.3) is 0 Å². The van der Waals surface area contributed by atoms with Crippen LogP contribution >= 0.6 is 0 Å². The summed E-state index contributed by atoms with van der Waals surface area (Å²) in [6, 6.07) is -0.412. The summed E-state index contributed by atoms with van der Waals surface area (Å²) in [5.41, 5.74) is 0. The third-order valence-electron chi connectivity index (χ3n) is 4.54. The van der Waals surface area contributed by atoms with Crippen molar-refractivity contribution in [3.05, 3.63) is 0 Å². The first-order valence-corrected chi connectivity index (χ1v) is 7.72. The number of hydrogen-bond acceptors (Lipinski definition) is 3. The van der Waals surface area contributed by atoms with Crippen LogP contribution in [0.25, 0.3) is 0 Å². The predicted molar refractivity (Wildman–Crippen MR) is 76.4 cm³/mol. The summed E-state index contributed by atoms with van der Waals surface area (Å²) in [6.45, 7) is 4.49. The maximum Gasteiger partial charge on any atom is 0.308 e. The van der Waals surface area contributed by atoms with Crippen LogP contribution in [0.1, 0.15) is 39.5 Å². The zero-order valence-corrected chi connectivity index (χ0v) is 12.7. The van der Waals surface area contributed by atoms with E-state index in [9.17, 15) is 14.4 Å². The molecule has 2 aliphatic rings. The molecule has 0 aromatic heterocycles. The van der Waals surface area contributed by atoms with E-state index in [2.05, 4.69) is 5.32 Å². The van der Waals surface area contributed by atoms with Crippen molar-refractivity contribution >= 4 is 17.8 Å². The van der Waals surface area contributed by atoms with Crippen LogP contribution in [-0.4, -0.2) is 46.9 Å². The smallest absolute Gasteiger partial charge is 0.308 e. The van der Waals surface area contributed by atoms with E-state index in [-0.39, 0.29) is 23.7 Å². The number of carboxylic acid groups (broad SMARTS) is 1. The Morgan fingerprint density at radius 2 is 1.81 bits per heavy atom. The molecule has 1 heterocycles. The van der Waals surface area contributed by atoms with Crippen molar-refractivity contribution in [2.24, 2.45) is 17.8 Å². The van der Waals surface area contributed by atoms with E-state index >= 15 is 0 Å². The van der Waals surface area contributed by atoms with E-state index in [1.165, 1.54) is 0 Å². The van der Waals surface area contributed by atoms with Gasteiger partial charge in [-0.25, -0.2) is 0 Å². The van der Waals surface area contributed by atoms with Crippen molar-refractivity contribution in [3.8, 4) is 0 Å². The monoisotopic (exact) mass is 296 g/mol. The Morgan fingerprint density at radius 1 is 1.14 bits per heavy atom. The SMILES string of the molecule is CC(NC(=O)C1CCCN(C(=O)C2CC2)C1)C(C)C(=O)O. The number of rotatable bonds is 5. The zero-order chi connectivity index (χ0) is 15.6. The standard InChI is InChI=1S/C15H24N2O4/c1-9(15(20)21)10(2)16-13(18)12-4-3-7-17(8-12)14(19)11-5-6-11/h9-12H,3-8H2,1-2H3,(H,16,18)(H,20,21). The molecule has 1 aliphatic heterocycles. The first-order chi connectivity index (χ1) is 9.90. The number of aliphatic carboxylic acids is 1. The average molecular weight is 296 g/mol. The molecule has 2 N–H and O–H groups in total. The van der Waals surface area contributed by atoms with Crippen molar-refractivity contribution in [3.63, 3.8) is 0 Å². The van der Waals surface area contributed by atoms with Gasteiger partial charge < -0.3 is 15.3 Å². The van der Waals surface area contributed by atoms with E-state index in [1.807, 2.05) is 0 Å². The highest BCUT2D eigenvalue weighted by atomic mass is 16.4. The molecule has 0 bridgehead atoms. The Labute approximate surface area is 124 Å². The molecule has 0 radical (unpaired) electrons. The van der Waals surface area contributed by atoms with Crippen LogP contribution < -0.4 is 5.32 Å². The summed E-state index contributed by atoms with van der Waals surface area (Å²) in [5.74, 6) is -1.54. The molecular weight excluding hydrogens is 272 g/mol. The van der Waals surface area contributed by atoms with Gasteiger partial charge in [-0.15, -0.1) is 0 Å². The summed E-state index contributed by atoms with van der Waals surface area (Å²) < 4.78 is 0. The second kappa shape index (κ2) is 6.45. The second-order valence-corrected chi connectivity index (χ2v) is 6.32. The average Bonchev–Trinajstić information content (AvgIpc) is 3.30. The van der Waals surface area contributed by atoms with E-state index in [0.29, 0.717) is 6.54 Å². The normalized spacial score (nSPS) is 25.0. The van der Waals surface area contributed by atoms with Gasteiger partial charge >= 0.3 is 5.97 Å². The second-order valence-electron chi connectivity index (χ2n) is 6.32. The van der Waals surface area contributed by atoms with Crippen LogP contribution in [0.5, 0.6) is 0 Å². The number of amides is 2. The minimum absolute atomic E-state index is 0.135. The molecule has 1 saturated heterocycles. The lowest BCUT2D eigenvalue weighted by atomic mass is 9.95. The van der Waals surface area contributed by atoms with Gasteiger partial charge in [0.1, 0.15) is 0 Å². The van der Waals surface area contributed by atoms with Crippen molar-refractivity contribution in [2.45, 2.75) is 45.6 Å². The van der Waals surface area contributed by atoms with Gasteiger partial charge in [0.05, 0.1) is 11.8 Å². The lowest BCUT2D eigenvalue weighted by Gasteiger charge is -2.33.